The predicted octanol–water partition coefficient (Wildman–Crippen LogP) is 2.57. The molecule has 2 N–H and O–H groups in total. The van der Waals surface area contributed by atoms with Gasteiger partial charge < -0.3 is 15.2 Å². The van der Waals surface area contributed by atoms with Crippen molar-refractivity contribution >= 4 is 23.4 Å². The van der Waals surface area contributed by atoms with Crippen LogP contribution in [0, 0.1) is 0 Å². The molecule has 0 amide bonds. The van der Waals surface area contributed by atoms with Crippen LogP contribution < -0.4 is 5.32 Å². The zero-order valence-corrected chi connectivity index (χ0v) is 12.5. The van der Waals surface area contributed by atoms with Gasteiger partial charge in [0.25, 0.3) is 0 Å². The number of rotatable bonds is 3. The summed E-state index contributed by atoms with van der Waals surface area (Å²) in [6, 6.07) is 9.50. The Balaban J connectivity index is 1.97. The maximum Gasteiger partial charge on any atom is 0.303 e. The summed E-state index contributed by atoms with van der Waals surface area (Å²) in [5, 5.41) is 17.7. The Morgan fingerprint density at radius 1 is 1.45 bits per heavy atom. The number of aliphatic hydroxyl groups is 1. The van der Waals surface area contributed by atoms with E-state index in [1.54, 1.807) is 0 Å². The number of nitrogens with one attached hydrogen (secondary N) is 1. The van der Waals surface area contributed by atoms with Crippen LogP contribution in [-0.4, -0.2) is 27.5 Å². The maximum absolute atomic E-state index is 10.9. The number of ether oxygens (including phenoxy) is 1. The van der Waals surface area contributed by atoms with Crippen LogP contribution in [0.3, 0.4) is 0 Å². The van der Waals surface area contributed by atoms with Gasteiger partial charge in [-0.2, -0.15) is 5.10 Å². The summed E-state index contributed by atoms with van der Waals surface area (Å²) in [6.07, 6.45) is 0.547. The first kappa shape index (κ1) is 14.6. The third kappa shape index (κ3) is 2.70. The average molecular weight is 320 g/mol. The molecular formula is C15H14ClN3O3. The molecule has 22 heavy (non-hydrogen) atoms. The lowest BCUT2D eigenvalue weighted by Gasteiger charge is -2.22. The lowest BCUT2D eigenvalue weighted by Crippen LogP contribution is -2.22. The van der Waals surface area contributed by atoms with Crippen molar-refractivity contribution in [1.82, 2.24) is 9.78 Å². The molecule has 6 nitrogen and oxygen atoms in total. The molecule has 1 aromatic carbocycles. The molecule has 0 bridgehead atoms. The highest BCUT2D eigenvalue weighted by Crippen LogP contribution is 2.38. The molecule has 1 aliphatic heterocycles. The Kier molecular flexibility index (Phi) is 3.87. The monoisotopic (exact) mass is 319 g/mol. The van der Waals surface area contributed by atoms with Crippen LogP contribution in [0.2, 0.25) is 5.15 Å². The van der Waals surface area contributed by atoms with Crippen molar-refractivity contribution < 1.29 is 14.6 Å². The van der Waals surface area contributed by atoms with Crippen molar-refractivity contribution in [3.63, 3.8) is 0 Å². The molecule has 0 spiro atoms. The summed E-state index contributed by atoms with van der Waals surface area (Å²) in [7, 11) is 0. The molecule has 1 unspecified atom stereocenters. The van der Waals surface area contributed by atoms with Gasteiger partial charge in [-0.3, -0.25) is 4.79 Å². The average Bonchev–Trinajstić information content (AvgIpc) is 2.83. The molecule has 1 aromatic heterocycles. The second-order valence-electron chi connectivity index (χ2n) is 4.84. The van der Waals surface area contributed by atoms with Gasteiger partial charge in [0, 0.05) is 6.92 Å². The SMILES string of the molecule is CC(=O)OCC1=CC(O)n2nc(Cl)c(-c3ccccc3)c2N1. The van der Waals surface area contributed by atoms with E-state index in [4.69, 9.17) is 16.3 Å². The number of nitrogens with zero attached hydrogens (tertiary/aromatic N) is 2. The van der Waals surface area contributed by atoms with Crippen LogP contribution in [-0.2, 0) is 9.53 Å². The third-order valence-corrected chi connectivity index (χ3v) is 3.51. The van der Waals surface area contributed by atoms with Crippen molar-refractivity contribution in [2.75, 3.05) is 11.9 Å². The van der Waals surface area contributed by atoms with Gasteiger partial charge in [-0.15, -0.1) is 0 Å². The Morgan fingerprint density at radius 2 is 2.18 bits per heavy atom. The Hall–Kier alpha value is -2.31. The van der Waals surface area contributed by atoms with E-state index >= 15 is 0 Å². The van der Waals surface area contributed by atoms with Crippen molar-refractivity contribution in [2.45, 2.75) is 13.2 Å². The first-order valence-corrected chi connectivity index (χ1v) is 7.06. The van der Waals surface area contributed by atoms with Gasteiger partial charge in [0.2, 0.25) is 0 Å². The van der Waals surface area contributed by atoms with Gasteiger partial charge in [0.15, 0.2) is 11.4 Å². The van der Waals surface area contributed by atoms with Gasteiger partial charge in [0.1, 0.15) is 12.4 Å². The largest absolute Gasteiger partial charge is 0.459 e. The van der Waals surface area contributed by atoms with E-state index < -0.39 is 12.2 Å². The smallest absolute Gasteiger partial charge is 0.303 e. The molecule has 0 aliphatic carbocycles. The molecule has 114 valence electrons. The number of carbonyl (C=O) groups is 1. The number of halogens is 1. The molecule has 0 radical (unpaired) electrons. The number of hydrogen-bond acceptors (Lipinski definition) is 5. The number of aromatic nitrogens is 2. The summed E-state index contributed by atoms with van der Waals surface area (Å²) in [5.74, 6) is 0.172. The van der Waals surface area contributed by atoms with Crippen LogP contribution in [0.5, 0.6) is 0 Å². The summed E-state index contributed by atoms with van der Waals surface area (Å²) >= 11 is 6.22. The summed E-state index contributed by atoms with van der Waals surface area (Å²) < 4.78 is 6.34. The quantitative estimate of drug-likeness (QED) is 0.850. The topological polar surface area (TPSA) is 76.4 Å². The van der Waals surface area contributed by atoms with Crippen molar-refractivity contribution in [1.29, 1.82) is 0 Å². The summed E-state index contributed by atoms with van der Waals surface area (Å²) in [6.45, 7) is 1.37. The fourth-order valence-electron chi connectivity index (χ4n) is 2.29. The summed E-state index contributed by atoms with van der Waals surface area (Å²) in [5.41, 5.74) is 2.14. The van der Waals surface area contributed by atoms with E-state index in [0.717, 1.165) is 5.56 Å². The van der Waals surface area contributed by atoms with E-state index in [0.29, 0.717) is 17.1 Å². The molecule has 1 atom stereocenters. The summed E-state index contributed by atoms with van der Waals surface area (Å²) in [4.78, 5) is 10.9. The van der Waals surface area contributed by atoms with Crippen molar-refractivity contribution in [2.24, 2.45) is 0 Å². The van der Waals surface area contributed by atoms with Crippen molar-refractivity contribution in [3.8, 4) is 11.1 Å². The van der Waals surface area contributed by atoms with E-state index in [-0.39, 0.29) is 11.8 Å². The van der Waals surface area contributed by atoms with E-state index in [1.165, 1.54) is 17.7 Å². The standard InChI is InChI=1S/C15H14ClN3O3/c1-9(20)22-8-11-7-12(21)19-15(17-11)13(14(16)18-19)10-5-3-2-4-6-10/h2-7,12,17,21H,8H2,1H3. The van der Waals surface area contributed by atoms with Gasteiger partial charge >= 0.3 is 5.97 Å². The van der Waals surface area contributed by atoms with E-state index in [1.807, 2.05) is 30.3 Å². The molecule has 3 rings (SSSR count). The Labute approximate surface area is 132 Å². The highest BCUT2D eigenvalue weighted by molar-refractivity contribution is 6.32. The predicted molar refractivity (Wildman–Crippen MR) is 82.3 cm³/mol. The third-order valence-electron chi connectivity index (χ3n) is 3.24. The maximum atomic E-state index is 10.9. The number of esters is 1. The lowest BCUT2D eigenvalue weighted by atomic mass is 10.1. The molecule has 0 saturated heterocycles. The number of anilines is 1. The molecule has 0 fully saturated rings. The minimum Gasteiger partial charge on any atom is -0.459 e. The normalized spacial score (nSPS) is 16.5. The lowest BCUT2D eigenvalue weighted by molar-refractivity contribution is -0.139. The highest BCUT2D eigenvalue weighted by atomic mass is 35.5. The Morgan fingerprint density at radius 3 is 2.86 bits per heavy atom. The zero-order valence-electron chi connectivity index (χ0n) is 11.8. The van der Waals surface area contributed by atoms with E-state index in [9.17, 15) is 9.90 Å². The zero-order chi connectivity index (χ0) is 15.7. The fourth-order valence-corrected chi connectivity index (χ4v) is 2.57. The van der Waals surface area contributed by atoms with Gasteiger partial charge in [0.05, 0.1) is 11.3 Å². The van der Waals surface area contributed by atoms with Crippen LogP contribution in [0.15, 0.2) is 42.1 Å². The van der Waals surface area contributed by atoms with E-state index in [2.05, 4.69) is 10.4 Å². The molecule has 1 aliphatic rings. The molecule has 2 aromatic rings. The molecule has 7 heteroatoms. The van der Waals surface area contributed by atoms with Crippen molar-refractivity contribution in [3.05, 3.63) is 47.3 Å². The minimum absolute atomic E-state index is 0.0451. The molecular weight excluding hydrogens is 306 g/mol. The van der Waals surface area contributed by atoms with Crippen LogP contribution >= 0.6 is 11.6 Å². The van der Waals surface area contributed by atoms with Crippen LogP contribution in [0.25, 0.3) is 11.1 Å². The second-order valence-corrected chi connectivity index (χ2v) is 5.19. The van der Waals surface area contributed by atoms with Crippen LogP contribution in [0.4, 0.5) is 5.82 Å². The first-order chi connectivity index (χ1) is 10.6. The van der Waals surface area contributed by atoms with Crippen LogP contribution in [0.1, 0.15) is 13.2 Å². The second kappa shape index (κ2) is 5.82. The number of benzene rings is 1. The van der Waals surface area contributed by atoms with Gasteiger partial charge in [-0.05, 0) is 11.6 Å². The number of carbonyl (C=O) groups excluding carboxylic acids is 1. The molecule has 2 heterocycles. The minimum atomic E-state index is -0.975. The highest BCUT2D eigenvalue weighted by Gasteiger charge is 2.26. The number of aliphatic hydroxyl groups excluding tert-OH is 1. The fraction of sp³-hybridized carbons (Fsp3) is 0.200. The van der Waals surface area contributed by atoms with Gasteiger partial charge in [-0.1, -0.05) is 41.9 Å². The van der Waals surface area contributed by atoms with Gasteiger partial charge in [-0.25, -0.2) is 4.68 Å². The number of fused-ring (bicyclic) bond motifs is 1. The first-order valence-electron chi connectivity index (χ1n) is 6.69. The molecule has 0 saturated carbocycles. The Bertz CT molecular complexity index is 740. The number of hydrogen-bond donors (Lipinski definition) is 2.